The topological polar surface area (TPSA) is 46.4 Å². The number of methoxy groups -OCH3 is 1. The van der Waals surface area contributed by atoms with Crippen molar-refractivity contribution in [3.8, 4) is 5.95 Å². The predicted octanol–water partition coefficient (Wildman–Crippen LogP) is 3.60. The zero-order chi connectivity index (χ0) is 22.5. The molecule has 2 aliphatic rings. The summed E-state index contributed by atoms with van der Waals surface area (Å²) in [6.07, 6.45) is 10.7. The van der Waals surface area contributed by atoms with Crippen LogP contribution in [-0.4, -0.2) is 70.3 Å². The smallest absolute Gasteiger partial charge is 0.233 e. The summed E-state index contributed by atoms with van der Waals surface area (Å²) >= 11 is 0. The van der Waals surface area contributed by atoms with Gasteiger partial charge in [-0.05, 0) is 67.5 Å². The number of fused-ring (bicyclic) bond motifs is 1. The van der Waals surface area contributed by atoms with Crippen LogP contribution in [-0.2, 0) is 24.1 Å². The molecule has 3 heterocycles. The molecule has 5 rings (SSSR count). The lowest BCUT2D eigenvalue weighted by Gasteiger charge is -2.38. The molecular weight excluding hydrogens is 410 g/mol. The molecule has 6 nitrogen and oxygen atoms in total. The first-order chi connectivity index (χ1) is 16.3. The average molecular weight is 446 g/mol. The number of ether oxygens (including phenoxy) is 1. The van der Waals surface area contributed by atoms with Crippen LogP contribution < -0.4 is 0 Å². The van der Waals surface area contributed by atoms with Gasteiger partial charge in [-0.25, -0.2) is 9.97 Å². The zero-order valence-electron chi connectivity index (χ0n) is 19.6. The van der Waals surface area contributed by atoms with Gasteiger partial charge in [-0.1, -0.05) is 24.3 Å². The lowest BCUT2D eigenvalue weighted by molar-refractivity contribution is 0.0837. The molecule has 1 unspecified atom stereocenters. The third kappa shape index (κ3) is 5.35. The fourth-order valence-corrected chi connectivity index (χ4v) is 5.58. The van der Waals surface area contributed by atoms with Crippen LogP contribution in [0.2, 0.25) is 0 Å². The Kier molecular flexibility index (Phi) is 7.15. The monoisotopic (exact) mass is 445 g/mol. The summed E-state index contributed by atoms with van der Waals surface area (Å²) in [6.45, 7) is 6.09. The van der Waals surface area contributed by atoms with Gasteiger partial charge in [0.2, 0.25) is 5.95 Å². The molecule has 0 spiro atoms. The second-order valence-electron chi connectivity index (χ2n) is 9.48. The summed E-state index contributed by atoms with van der Waals surface area (Å²) in [6, 6.07) is 15.8. The third-order valence-corrected chi connectivity index (χ3v) is 7.21. The summed E-state index contributed by atoms with van der Waals surface area (Å²) < 4.78 is 7.55. The molecule has 0 N–H and O–H groups in total. The minimum atomic E-state index is 0.671. The number of hydrogen-bond donors (Lipinski definition) is 0. The van der Waals surface area contributed by atoms with Crippen LogP contribution in [0.4, 0.5) is 0 Å². The van der Waals surface area contributed by atoms with E-state index in [0.717, 1.165) is 32.2 Å². The quantitative estimate of drug-likeness (QED) is 0.504. The van der Waals surface area contributed by atoms with Gasteiger partial charge in [0, 0.05) is 63.6 Å². The predicted molar refractivity (Wildman–Crippen MR) is 130 cm³/mol. The van der Waals surface area contributed by atoms with Crippen molar-refractivity contribution >= 4 is 0 Å². The van der Waals surface area contributed by atoms with Crippen LogP contribution in [0, 0.1) is 5.92 Å². The van der Waals surface area contributed by atoms with Crippen molar-refractivity contribution in [2.24, 2.45) is 5.92 Å². The fraction of sp³-hybridized carbons (Fsp3) is 0.481. The van der Waals surface area contributed by atoms with Gasteiger partial charge in [-0.15, -0.1) is 0 Å². The van der Waals surface area contributed by atoms with Crippen LogP contribution in [0.25, 0.3) is 5.95 Å². The highest BCUT2D eigenvalue weighted by molar-refractivity contribution is 5.33. The second kappa shape index (κ2) is 10.6. The fourth-order valence-electron chi connectivity index (χ4n) is 5.58. The first-order valence-corrected chi connectivity index (χ1v) is 12.3. The number of aromatic nitrogens is 3. The van der Waals surface area contributed by atoms with Gasteiger partial charge >= 0.3 is 0 Å². The van der Waals surface area contributed by atoms with Crippen LogP contribution in [0.1, 0.15) is 29.7 Å². The highest BCUT2D eigenvalue weighted by atomic mass is 16.5. The molecule has 1 atom stereocenters. The van der Waals surface area contributed by atoms with Gasteiger partial charge in [-0.2, -0.15) is 0 Å². The normalized spacial score (nSPS) is 19.3. The Balaban J connectivity index is 1.24. The number of hydrogen-bond acceptors (Lipinski definition) is 5. The SMILES string of the molecule is COCCN(Cc1cccn1-c1ncccn1)CC1CCCN(C2Cc3ccccc3C2)C1. The van der Waals surface area contributed by atoms with E-state index in [-0.39, 0.29) is 0 Å². The van der Waals surface area contributed by atoms with Crippen molar-refractivity contribution in [1.82, 2.24) is 24.3 Å². The molecule has 174 valence electrons. The molecule has 1 aromatic carbocycles. The Bertz CT molecular complexity index is 995. The molecule has 0 saturated carbocycles. The Morgan fingerprint density at radius 2 is 1.82 bits per heavy atom. The van der Waals surface area contributed by atoms with Gasteiger partial charge in [0.15, 0.2) is 0 Å². The van der Waals surface area contributed by atoms with Gasteiger partial charge in [0.1, 0.15) is 0 Å². The molecule has 2 aromatic heterocycles. The van der Waals surface area contributed by atoms with Crippen LogP contribution in [0.15, 0.2) is 61.1 Å². The van der Waals surface area contributed by atoms with Crippen LogP contribution >= 0.6 is 0 Å². The van der Waals surface area contributed by atoms with Gasteiger partial charge in [-0.3, -0.25) is 14.4 Å². The van der Waals surface area contributed by atoms with E-state index in [1.807, 2.05) is 6.07 Å². The minimum Gasteiger partial charge on any atom is -0.383 e. The van der Waals surface area contributed by atoms with Gasteiger partial charge in [0.25, 0.3) is 0 Å². The van der Waals surface area contributed by atoms with E-state index < -0.39 is 0 Å². The van der Waals surface area contributed by atoms with Gasteiger partial charge < -0.3 is 4.74 Å². The number of likely N-dealkylation sites (tertiary alicyclic amines) is 1. The molecule has 33 heavy (non-hydrogen) atoms. The summed E-state index contributed by atoms with van der Waals surface area (Å²) in [4.78, 5) is 14.2. The first kappa shape index (κ1) is 22.3. The standard InChI is InChI=1S/C27H35N5O/c1-33-16-15-30(21-25-10-5-14-32(25)27-28-11-6-12-29-27)19-22-7-4-13-31(20-22)26-17-23-8-2-3-9-24(23)18-26/h2-3,5-6,8-12,14,22,26H,4,7,13,15-21H2,1H3. The summed E-state index contributed by atoms with van der Waals surface area (Å²) in [5.41, 5.74) is 4.32. The van der Waals surface area contributed by atoms with E-state index >= 15 is 0 Å². The highest BCUT2D eigenvalue weighted by Crippen LogP contribution is 2.29. The van der Waals surface area contributed by atoms with Crippen molar-refractivity contribution in [3.05, 3.63) is 77.9 Å². The minimum absolute atomic E-state index is 0.671. The Hall–Kier alpha value is -2.54. The molecule has 1 fully saturated rings. The second-order valence-corrected chi connectivity index (χ2v) is 9.48. The lowest BCUT2D eigenvalue weighted by atomic mass is 9.95. The van der Waals surface area contributed by atoms with E-state index in [2.05, 4.69) is 66.9 Å². The van der Waals surface area contributed by atoms with Gasteiger partial charge in [0.05, 0.1) is 6.61 Å². The van der Waals surface area contributed by atoms with Crippen molar-refractivity contribution in [1.29, 1.82) is 0 Å². The summed E-state index contributed by atoms with van der Waals surface area (Å²) in [7, 11) is 1.79. The maximum Gasteiger partial charge on any atom is 0.233 e. The number of piperidine rings is 1. The van der Waals surface area contributed by atoms with Crippen LogP contribution in [0.5, 0.6) is 0 Å². The van der Waals surface area contributed by atoms with Crippen molar-refractivity contribution in [2.45, 2.75) is 38.3 Å². The van der Waals surface area contributed by atoms with Crippen molar-refractivity contribution in [3.63, 3.8) is 0 Å². The van der Waals surface area contributed by atoms with Crippen molar-refractivity contribution < 1.29 is 4.74 Å². The Morgan fingerprint density at radius 1 is 1.03 bits per heavy atom. The lowest BCUT2D eigenvalue weighted by Crippen LogP contribution is -2.46. The molecule has 6 heteroatoms. The van der Waals surface area contributed by atoms with E-state index in [1.54, 1.807) is 30.6 Å². The molecular formula is C27H35N5O. The summed E-state index contributed by atoms with van der Waals surface area (Å²) in [5.74, 6) is 1.42. The number of nitrogens with zero attached hydrogens (tertiary/aromatic N) is 5. The molecule has 1 saturated heterocycles. The van der Waals surface area contributed by atoms with Crippen LogP contribution in [0.3, 0.4) is 0 Å². The molecule has 0 amide bonds. The average Bonchev–Trinajstić information content (AvgIpc) is 3.50. The first-order valence-electron chi connectivity index (χ1n) is 12.3. The molecule has 3 aromatic rings. The molecule has 0 bridgehead atoms. The highest BCUT2D eigenvalue weighted by Gasteiger charge is 2.31. The number of benzene rings is 1. The zero-order valence-corrected chi connectivity index (χ0v) is 19.6. The maximum atomic E-state index is 5.45. The molecule has 1 aliphatic heterocycles. The third-order valence-electron chi connectivity index (χ3n) is 7.21. The molecule has 1 aliphatic carbocycles. The maximum absolute atomic E-state index is 5.45. The Morgan fingerprint density at radius 3 is 2.58 bits per heavy atom. The summed E-state index contributed by atoms with van der Waals surface area (Å²) in [5, 5.41) is 0. The van der Waals surface area contributed by atoms with E-state index in [0.29, 0.717) is 12.0 Å². The van der Waals surface area contributed by atoms with E-state index in [9.17, 15) is 0 Å². The van der Waals surface area contributed by atoms with E-state index in [1.165, 1.54) is 44.5 Å². The molecule has 0 radical (unpaired) electrons. The Labute approximate surface area is 197 Å². The number of rotatable bonds is 9. The van der Waals surface area contributed by atoms with Crippen molar-refractivity contribution in [2.75, 3.05) is 39.9 Å². The largest absolute Gasteiger partial charge is 0.383 e. The van der Waals surface area contributed by atoms with E-state index in [4.69, 9.17) is 4.74 Å².